The van der Waals surface area contributed by atoms with Crippen molar-refractivity contribution in [3.05, 3.63) is 70.3 Å². The summed E-state index contributed by atoms with van der Waals surface area (Å²) in [6, 6.07) is 11.4. The molecule has 2 aromatic carbocycles. The Bertz CT molecular complexity index is 1010. The van der Waals surface area contributed by atoms with Gasteiger partial charge in [0.1, 0.15) is 0 Å². The van der Waals surface area contributed by atoms with Crippen molar-refractivity contribution >= 4 is 5.97 Å². The second-order valence-corrected chi connectivity index (χ2v) is 8.49. The molecule has 0 saturated carbocycles. The van der Waals surface area contributed by atoms with Gasteiger partial charge in [-0.2, -0.15) is 0 Å². The molecule has 184 valence electrons. The Labute approximate surface area is 200 Å². The lowest BCUT2D eigenvalue weighted by Gasteiger charge is -2.24. The predicted octanol–water partition coefficient (Wildman–Crippen LogP) is 3.74. The molecule has 0 amide bonds. The Morgan fingerprint density at radius 3 is 2.44 bits per heavy atom. The average Bonchev–Trinajstić information content (AvgIpc) is 3.27. The van der Waals surface area contributed by atoms with Crippen LogP contribution in [-0.4, -0.2) is 43.6 Å². The molecule has 3 rings (SSSR count). The molecular formula is C27H34O7. The molecule has 7 nitrogen and oxygen atoms in total. The molecule has 2 N–H and O–H groups in total. The largest absolute Gasteiger partial charge is 0.493 e. The molecule has 7 heteroatoms. The van der Waals surface area contributed by atoms with Crippen LogP contribution in [0.2, 0.25) is 0 Å². The van der Waals surface area contributed by atoms with Crippen molar-refractivity contribution in [2.45, 2.75) is 39.6 Å². The first kappa shape index (κ1) is 25.7. The highest BCUT2D eigenvalue weighted by atomic mass is 16.5. The predicted molar refractivity (Wildman–Crippen MR) is 128 cm³/mol. The van der Waals surface area contributed by atoms with E-state index in [4.69, 9.17) is 18.9 Å². The second kappa shape index (κ2) is 12.0. The van der Waals surface area contributed by atoms with Crippen molar-refractivity contribution in [2.24, 2.45) is 11.8 Å². The van der Waals surface area contributed by atoms with Crippen LogP contribution in [0, 0.1) is 11.8 Å². The van der Waals surface area contributed by atoms with E-state index in [0.717, 1.165) is 11.1 Å². The molecular weight excluding hydrogens is 436 g/mol. The number of hydrogen-bond acceptors (Lipinski definition) is 7. The number of rotatable bonds is 10. The maximum Gasteiger partial charge on any atom is 0.333 e. The molecule has 0 aromatic heterocycles. The molecule has 1 aliphatic heterocycles. The maximum absolute atomic E-state index is 12.4. The molecule has 0 unspecified atom stereocenters. The zero-order valence-corrected chi connectivity index (χ0v) is 20.2. The van der Waals surface area contributed by atoms with E-state index < -0.39 is 0 Å². The van der Waals surface area contributed by atoms with Gasteiger partial charge in [-0.3, -0.25) is 0 Å². The van der Waals surface area contributed by atoms with Crippen molar-refractivity contribution in [2.75, 3.05) is 27.4 Å². The number of carbonyl (C=O) groups is 1. The number of aliphatic hydroxyl groups is 2. The molecule has 0 spiro atoms. The lowest BCUT2D eigenvalue weighted by Crippen LogP contribution is -2.24. The molecule has 34 heavy (non-hydrogen) atoms. The summed E-state index contributed by atoms with van der Waals surface area (Å²) in [6.07, 6.45) is 2.14. The van der Waals surface area contributed by atoms with E-state index in [0.29, 0.717) is 41.2 Å². The Hall–Kier alpha value is -2.87. The Morgan fingerprint density at radius 1 is 1.06 bits per heavy atom. The zero-order valence-electron chi connectivity index (χ0n) is 20.2. The fraction of sp³-hybridized carbons (Fsp3) is 0.444. The summed E-state index contributed by atoms with van der Waals surface area (Å²) in [7, 11) is 3.18. The van der Waals surface area contributed by atoms with Crippen LogP contribution in [0.1, 0.15) is 42.2 Å². The van der Waals surface area contributed by atoms with E-state index >= 15 is 0 Å². The van der Waals surface area contributed by atoms with E-state index in [1.807, 2.05) is 36.4 Å². The number of ether oxygens (including phenoxy) is 4. The third-order valence-corrected chi connectivity index (χ3v) is 6.49. The topological polar surface area (TPSA) is 94.5 Å². The van der Waals surface area contributed by atoms with E-state index in [2.05, 4.69) is 0 Å². The first-order chi connectivity index (χ1) is 16.4. The van der Waals surface area contributed by atoms with Gasteiger partial charge in [0.05, 0.1) is 46.8 Å². The Balaban J connectivity index is 1.87. The van der Waals surface area contributed by atoms with Gasteiger partial charge < -0.3 is 29.2 Å². The highest BCUT2D eigenvalue weighted by molar-refractivity contribution is 5.87. The molecule has 1 heterocycles. The van der Waals surface area contributed by atoms with Gasteiger partial charge in [-0.25, -0.2) is 4.79 Å². The van der Waals surface area contributed by atoms with Gasteiger partial charge in [0.2, 0.25) is 0 Å². The fourth-order valence-electron chi connectivity index (χ4n) is 4.34. The van der Waals surface area contributed by atoms with Crippen molar-refractivity contribution in [1.29, 1.82) is 0 Å². The van der Waals surface area contributed by atoms with Gasteiger partial charge in [0.25, 0.3) is 0 Å². The number of benzene rings is 2. The SMILES string of the molecule is C/C=C(/C)C(=O)OC[C@H]1[C@@H](Cc2ccc(CO)c(CO)c2)CO[C@@H]1c1ccc(OC)c(OC)c1. The third kappa shape index (κ3) is 5.78. The van der Waals surface area contributed by atoms with Crippen LogP contribution < -0.4 is 9.47 Å². The number of allylic oxidation sites excluding steroid dienone is 1. The van der Waals surface area contributed by atoms with Crippen molar-refractivity contribution < 1.29 is 34.0 Å². The minimum atomic E-state index is -0.339. The van der Waals surface area contributed by atoms with Gasteiger partial charge in [-0.05, 0) is 60.6 Å². The van der Waals surface area contributed by atoms with Crippen LogP contribution in [0.15, 0.2) is 48.0 Å². The summed E-state index contributed by atoms with van der Waals surface area (Å²) < 4.78 is 22.7. The smallest absolute Gasteiger partial charge is 0.333 e. The summed E-state index contributed by atoms with van der Waals surface area (Å²) >= 11 is 0. The van der Waals surface area contributed by atoms with E-state index in [9.17, 15) is 15.0 Å². The maximum atomic E-state index is 12.4. The number of esters is 1. The van der Waals surface area contributed by atoms with Gasteiger partial charge in [-0.15, -0.1) is 0 Å². The Kier molecular flexibility index (Phi) is 9.10. The molecule has 0 aliphatic carbocycles. The zero-order chi connectivity index (χ0) is 24.7. The van der Waals surface area contributed by atoms with Crippen LogP contribution in [0.5, 0.6) is 11.5 Å². The fourth-order valence-corrected chi connectivity index (χ4v) is 4.34. The third-order valence-electron chi connectivity index (χ3n) is 6.49. The van der Waals surface area contributed by atoms with E-state index in [1.54, 1.807) is 34.1 Å². The molecule has 0 radical (unpaired) electrons. The molecule has 0 bridgehead atoms. The summed E-state index contributed by atoms with van der Waals surface area (Å²) in [5.74, 6) is 0.909. The van der Waals surface area contributed by atoms with Crippen LogP contribution in [-0.2, 0) is 33.9 Å². The standard InChI is InChI=1S/C27H34O7/c1-5-17(2)27(30)34-16-23-22(11-18-6-7-20(13-28)21(10-18)14-29)15-33-26(23)19-8-9-24(31-3)25(12-19)32-4/h5-10,12,22-23,26,28-29H,11,13-16H2,1-4H3/b17-5-/t22-,23-,26+/m0/s1. The number of carbonyl (C=O) groups excluding carboxylic acids is 1. The lowest BCUT2D eigenvalue weighted by atomic mass is 9.83. The van der Waals surface area contributed by atoms with Crippen LogP contribution in [0.4, 0.5) is 0 Å². The molecule has 1 saturated heterocycles. The summed E-state index contributed by atoms with van der Waals surface area (Å²) in [6.45, 7) is 4.00. The summed E-state index contributed by atoms with van der Waals surface area (Å²) in [5, 5.41) is 19.2. The Morgan fingerprint density at radius 2 is 1.79 bits per heavy atom. The van der Waals surface area contributed by atoms with Gasteiger partial charge >= 0.3 is 5.97 Å². The van der Waals surface area contributed by atoms with E-state index in [1.165, 1.54) is 0 Å². The number of aliphatic hydroxyl groups excluding tert-OH is 2. The van der Waals surface area contributed by atoms with Gasteiger partial charge in [-0.1, -0.05) is 30.3 Å². The van der Waals surface area contributed by atoms with Crippen LogP contribution >= 0.6 is 0 Å². The monoisotopic (exact) mass is 470 g/mol. The lowest BCUT2D eigenvalue weighted by molar-refractivity contribution is -0.141. The second-order valence-electron chi connectivity index (χ2n) is 8.49. The molecule has 1 fully saturated rings. The van der Waals surface area contributed by atoms with Crippen molar-refractivity contribution in [3.63, 3.8) is 0 Å². The van der Waals surface area contributed by atoms with E-state index in [-0.39, 0.29) is 43.7 Å². The number of methoxy groups -OCH3 is 2. The summed E-state index contributed by atoms with van der Waals surface area (Å²) in [5.41, 5.74) is 3.94. The first-order valence-electron chi connectivity index (χ1n) is 11.4. The van der Waals surface area contributed by atoms with Crippen LogP contribution in [0.3, 0.4) is 0 Å². The van der Waals surface area contributed by atoms with Crippen LogP contribution in [0.25, 0.3) is 0 Å². The average molecular weight is 471 g/mol. The number of hydrogen-bond donors (Lipinski definition) is 2. The normalized spacial score (nSPS) is 20.3. The van der Waals surface area contributed by atoms with Gasteiger partial charge in [0, 0.05) is 11.5 Å². The summed E-state index contributed by atoms with van der Waals surface area (Å²) in [4.78, 5) is 12.4. The minimum Gasteiger partial charge on any atom is -0.493 e. The van der Waals surface area contributed by atoms with Crippen molar-refractivity contribution in [3.8, 4) is 11.5 Å². The molecule has 1 aliphatic rings. The highest BCUT2D eigenvalue weighted by Crippen LogP contribution is 2.42. The highest BCUT2D eigenvalue weighted by Gasteiger charge is 2.39. The first-order valence-corrected chi connectivity index (χ1v) is 11.4. The quantitative estimate of drug-likeness (QED) is 0.403. The molecule has 3 atom stereocenters. The molecule has 2 aromatic rings. The van der Waals surface area contributed by atoms with Crippen molar-refractivity contribution in [1.82, 2.24) is 0 Å². The van der Waals surface area contributed by atoms with Gasteiger partial charge in [0.15, 0.2) is 11.5 Å². The minimum absolute atomic E-state index is 0.0817.